The van der Waals surface area contributed by atoms with Gasteiger partial charge in [0.15, 0.2) is 0 Å². The van der Waals surface area contributed by atoms with Gasteiger partial charge in [0.05, 0.1) is 23.3 Å². The molecular weight excluding hydrogens is 494 g/mol. The smallest absolute Gasteiger partial charge is 0.407 e. The summed E-state index contributed by atoms with van der Waals surface area (Å²) in [6.07, 6.45) is 1.37. The lowest BCUT2D eigenvalue weighted by atomic mass is 9.61. The van der Waals surface area contributed by atoms with Gasteiger partial charge in [-0.05, 0) is 75.6 Å². The van der Waals surface area contributed by atoms with Crippen LogP contribution in [0.3, 0.4) is 0 Å². The first-order valence-corrected chi connectivity index (χ1v) is 13.3. The lowest BCUT2D eigenvalue weighted by molar-refractivity contribution is 0.0504. The van der Waals surface area contributed by atoms with Crippen molar-refractivity contribution in [1.29, 1.82) is 5.26 Å². The number of hydrogen-bond donors (Lipinski definition) is 4. The van der Waals surface area contributed by atoms with Gasteiger partial charge in [0.2, 0.25) is 11.8 Å². The van der Waals surface area contributed by atoms with Crippen molar-refractivity contribution in [2.45, 2.75) is 72.0 Å². The van der Waals surface area contributed by atoms with Crippen molar-refractivity contribution in [3.63, 3.8) is 0 Å². The summed E-state index contributed by atoms with van der Waals surface area (Å²) in [5, 5.41) is 30.4. The average Bonchev–Trinajstić information content (AvgIpc) is 3.20. The summed E-state index contributed by atoms with van der Waals surface area (Å²) in [6, 6.07) is 8.04. The Morgan fingerprint density at radius 1 is 1.36 bits per heavy atom. The Labute approximate surface area is 229 Å². The Morgan fingerprint density at radius 2 is 2.08 bits per heavy atom. The minimum Gasteiger partial charge on any atom is -0.444 e. The molecule has 2 aromatic rings. The van der Waals surface area contributed by atoms with E-state index in [1.54, 1.807) is 0 Å². The molecule has 0 spiro atoms. The van der Waals surface area contributed by atoms with Gasteiger partial charge in [0.25, 0.3) is 0 Å². The molecule has 1 atom stereocenters. The largest absolute Gasteiger partial charge is 0.444 e. The standard InChI is InChI=1S/C30H37N5O4/c1-17(2)30(24(14-31)26(32)38-27-25(30)18(3)34-35-27)23-12-20(11-22(13-23)16-36)8-7-19-9-21(10-19)15-33-28(37)39-29(4,5)6/h11-13,17,19,21,36H,9-10,15-16,32H2,1-6H3,(H,33,37)(H,34,35)/t19-,21-,30?. The molecule has 1 aromatic heterocycles. The number of alkyl carbamates (subject to hydrolysis) is 1. The number of aliphatic hydroxyl groups excluding tert-OH is 1. The van der Waals surface area contributed by atoms with Crippen LogP contribution in [0.2, 0.25) is 0 Å². The Balaban J connectivity index is 1.61. The fraction of sp³-hybridized carbons (Fsp3) is 0.500. The van der Waals surface area contributed by atoms with Crippen LogP contribution in [0.25, 0.3) is 0 Å². The van der Waals surface area contributed by atoms with Gasteiger partial charge in [0, 0.05) is 18.0 Å². The first-order chi connectivity index (χ1) is 18.4. The molecule has 39 heavy (non-hydrogen) atoms. The van der Waals surface area contributed by atoms with E-state index in [0.717, 1.165) is 29.5 Å². The Kier molecular flexibility index (Phi) is 7.68. The number of hydrogen-bond acceptors (Lipinski definition) is 7. The van der Waals surface area contributed by atoms with E-state index in [1.807, 2.05) is 59.7 Å². The maximum Gasteiger partial charge on any atom is 0.407 e. The molecular formula is C30H37N5O4. The second-order valence-corrected chi connectivity index (χ2v) is 11.7. The van der Waals surface area contributed by atoms with Gasteiger partial charge in [0.1, 0.15) is 17.2 Å². The zero-order valence-corrected chi connectivity index (χ0v) is 23.4. The SMILES string of the molecule is Cc1n[nH]c2c1C(c1cc(C#C[C@H]3C[C@H](CNC(=O)OC(C)(C)C)C3)cc(CO)c1)(C(C)C)C(C#N)=C(N)O2. The number of fused-ring (bicyclic) bond motifs is 1. The molecule has 2 heterocycles. The second kappa shape index (κ2) is 10.7. The fourth-order valence-corrected chi connectivity index (χ4v) is 5.60. The maximum atomic E-state index is 11.9. The zero-order chi connectivity index (χ0) is 28.5. The minimum atomic E-state index is -0.931. The number of carbonyl (C=O) groups excluding carboxylic acids is 1. The van der Waals surface area contributed by atoms with Crippen LogP contribution in [0.15, 0.2) is 29.7 Å². The number of allylic oxidation sites excluding steroid dienone is 1. The van der Waals surface area contributed by atoms with Crippen molar-refractivity contribution in [1.82, 2.24) is 15.5 Å². The number of nitrogens with one attached hydrogen (secondary N) is 2. The Bertz CT molecular complexity index is 1390. The summed E-state index contributed by atoms with van der Waals surface area (Å²) in [6.45, 7) is 11.8. The van der Waals surface area contributed by atoms with E-state index in [2.05, 4.69) is 33.4 Å². The number of ether oxygens (including phenoxy) is 2. The number of H-pyrrole nitrogens is 1. The molecule has 0 radical (unpaired) electrons. The minimum absolute atomic E-state index is 0.0323. The number of aliphatic hydroxyl groups is 1. The van der Waals surface area contributed by atoms with Crippen LogP contribution < -0.4 is 15.8 Å². The Hall–Kier alpha value is -3.95. The lowest BCUT2D eigenvalue weighted by Crippen LogP contribution is -2.41. The van der Waals surface area contributed by atoms with E-state index in [1.165, 1.54) is 0 Å². The highest BCUT2D eigenvalue weighted by Gasteiger charge is 2.50. The van der Waals surface area contributed by atoms with Crippen LogP contribution in [0, 0.1) is 47.8 Å². The van der Waals surface area contributed by atoms with E-state index >= 15 is 0 Å². The van der Waals surface area contributed by atoms with Gasteiger partial charge in [-0.1, -0.05) is 31.8 Å². The molecule has 9 nitrogen and oxygen atoms in total. The van der Waals surface area contributed by atoms with Crippen molar-refractivity contribution in [2.75, 3.05) is 6.54 Å². The van der Waals surface area contributed by atoms with Gasteiger partial charge in [-0.3, -0.25) is 0 Å². The van der Waals surface area contributed by atoms with Crippen LogP contribution in [-0.2, 0) is 16.8 Å². The van der Waals surface area contributed by atoms with Crippen molar-refractivity contribution < 1.29 is 19.4 Å². The van der Waals surface area contributed by atoms with Gasteiger partial charge in [-0.25, -0.2) is 9.89 Å². The molecule has 1 fully saturated rings. The highest BCUT2D eigenvalue weighted by Crippen LogP contribution is 2.52. The maximum absolute atomic E-state index is 11.9. The lowest BCUT2D eigenvalue weighted by Gasteiger charge is -2.41. The number of nitrogens with zero attached hydrogens (tertiary/aromatic N) is 2. The number of rotatable bonds is 5. The first-order valence-electron chi connectivity index (χ1n) is 13.3. The van der Waals surface area contributed by atoms with Crippen LogP contribution in [0.4, 0.5) is 4.79 Å². The van der Waals surface area contributed by atoms with Crippen molar-refractivity contribution in [3.05, 3.63) is 57.6 Å². The van der Waals surface area contributed by atoms with E-state index < -0.39 is 17.1 Å². The number of benzene rings is 1. The van der Waals surface area contributed by atoms with Gasteiger partial charge in [-0.15, -0.1) is 0 Å². The molecule has 1 aliphatic heterocycles. The molecule has 1 aliphatic carbocycles. The molecule has 206 valence electrons. The predicted octanol–water partition coefficient (Wildman–Crippen LogP) is 4.14. The third kappa shape index (κ3) is 5.46. The molecule has 1 unspecified atom stereocenters. The first kappa shape index (κ1) is 28.1. The molecule has 4 rings (SSSR count). The van der Waals surface area contributed by atoms with E-state index in [4.69, 9.17) is 15.2 Å². The average molecular weight is 532 g/mol. The number of aryl methyl sites for hydroxylation is 1. The highest BCUT2D eigenvalue weighted by molar-refractivity contribution is 5.67. The van der Waals surface area contributed by atoms with Crippen molar-refractivity contribution in [3.8, 4) is 23.8 Å². The monoisotopic (exact) mass is 531 g/mol. The van der Waals surface area contributed by atoms with Gasteiger partial charge in [-0.2, -0.15) is 10.4 Å². The summed E-state index contributed by atoms with van der Waals surface area (Å²) in [7, 11) is 0. The summed E-state index contributed by atoms with van der Waals surface area (Å²) in [4.78, 5) is 11.9. The summed E-state index contributed by atoms with van der Waals surface area (Å²) >= 11 is 0. The number of nitrogens with two attached hydrogens (primary N) is 1. The van der Waals surface area contributed by atoms with Crippen LogP contribution in [0.1, 0.15) is 75.4 Å². The highest BCUT2D eigenvalue weighted by atomic mass is 16.6. The third-order valence-corrected chi connectivity index (χ3v) is 7.36. The van der Waals surface area contributed by atoms with E-state index in [0.29, 0.717) is 35.2 Å². The summed E-state index contributed by atoms with van der Waals surface area (Å²) < 4.78 is 11.0. The molecule has 9 heteroatoms. The number of aromatic nitrogens is 2. The molecule has 1 saturated carbocycles. The van der Waals surface area contributed by atoms with E-state index in [9.17, 15) is 15.2 Å². The van der Waals surface area contributed by atoms with E-state index in [-0.39, 0.29) is 24.3 Å². The Morgan fingerprint density at radius 3 is 2.69 bits per heavy atom. The molecule has 0 saturated heterocycles. The van der Waals surface area contributed by atoms with Gasteiger partial charge >= 0.3 is 6.09 Å². The number of carbonyl (C=O) groups is 1. The molecule has 2 aliphatic rings. The quantitative estimate of drug-likeness (QED) is 0.424. The number of amides is 1. The normalized spacial score (nSPS) is 22.1. The van der Waals surface area contributed by atoms with Crippen molar-refractivity contribution in [2.24, 2.45) is 23.5 Å². The molecule has 5 N–H and O–H groups in total. The number of nitriles is 1. The molecule has 1 amide bonds. The number of aromatic amines is 1. The molecule has 1 aromatic carbocycles. The van der Waals surface area contributed by atoms with Crippen LogP contribution in [-0.4, -0.2) is 33.5 Å². The van der Waals surface area contributed by atoms with Crippen LogP contribution in [0.5, 0.6) is 5.88 Å². The summed E-state index contributed by atoms with van der Waals surface area (Å²) in [5.74, 6) is 7.57. The third-order valence-electron chi connectivity index (χ3n) is 7.36. The van der Waals surface area contributed by atoms with Crippen LogP contribution >= 0.6 is 0 Å². The predicted molar refractivity (Wildman–Crippen MR) is 146 cm³/mol. The van der Waals surface area contributed by atoms with Crippen molar-refractivity contribution >= 4 is 6.09 Å². The summed E-state index contributed by atoms with van der Waals surface area (Å²) in [5.41, 5.74) is 8.82. The molecule has 0 bridgehead atoms. The topological polar surface area (TPSA) is 146 Å². The zero-order valence-electron chi connectivity index (χ0n) is 23.4. The fourth-order valence-electron chi connectivity index (χ4n) is 5.60. The van der Waals surface area contributed by atoms with Gasteiger partial charge < -0.3 is 25.6 Å². The second-order valence-electron chi connectivity index (χ2n) is 11.7.